The molecule has 4 nitrogen and oxygen atoms in total. The fraction of sp³-hybridized carbons (Fsp3) is 0.176. The molecule has 1 aliphatic rings. The number of Topliss-reactive ketones (excluding diaryl/α,β-unsaturated/α-hetero) is 1. The van der Waals surface area contributed by atoms with E-state index in [1.807, 2.05) is 30.3 Å². The molecule has 0 unspecified atom stereocenters. The molecule has 2 aromatic rings. The number of benzene rings is 2. The van der Waals surface area contributed by atoms with E-state index >= 15 is 0 Å². The van der Waals surface area contributed by atoms with Gasteiger partial charge in [0, 0.05) is 24.3 Å². The third-order valence-electron chi connectivity index (χ3n) is 3.33. The minimum atomic E-state index is 0.0483. The van der Waals surface area contributed by atoms with Gasteiger partial charge < -0.3 is 9.47 Å². The van der Waals surface area contributed by atoms with E-state index in [0.717, 1.165) is 5.56 Å². The Morgan fingerprint density at radius 2 is 1.95 bits per heavy atom. The first-order chi connectivity index (χ1) is 10.3. The molecule has 1 heterocycles. The van der Waals surface area contributed by atoms with Crippen LogP contribution in [0.3, 0.4) is 0 Å². The molecular formula is C17H15NO3. The lowest BCUT2D eigenvalue weighted by molar-refractivity contribution is 0.100. The van der Waals surface area contributed by atoms with Crippen molar-refractivity contribution in [1.82, 2.24) is 0 Å². The summed E-state index contributed by atoms with van der Waals surface area (Å²) in [5, 5.41) is 0. The summed E-state index contributed by atoms with van der Waals surface area (Å²) in [6.45, 7) is 0.424. The topological polar surface area (TPSA) is 47.9 Å². The van der Waals surface area contributed by atoms with Gasteiger partial charge in [-0.1, -0.05) is 30.3 Å². The van der Waals surface area contributed by atoms with E-state index in [1.165, 1.54) is 0 Å². The predicted molar refractivity (Wildman–Crippen MR) is 80.9 cm³/mol. The van der Waals surface area contributed by atoms with Gasteiger partial charge in [-0.05, 0) is 11.6 Å². The molecule has 21 heavy (non-hydrogen) atoms. The summed E-state index contributed by atoms with van der Waals surface area (Å²) in [5.74, 6) is 1.19. The SMILES string of the molecule is COc1cc2c(cc1OCc1ccccc1)C(=O)CC=N2. The highest BCUT2D eigenvalue weighted by Crippen LogP contribution is 2.37. The van der Waals surface area contributed by atoms with Crippen LogP contribution in [0.15, 0.2) is 47.5 Å². The minimum absolute atomic E-state index is 0.0483. The zero-order valence-electron chi connectivity index (χ0n) is 11.7. The molecule has 4 heteroatoms. The molecule has 0 saturated heterocycles. The molecule has 0 spiro atoms. The highest BCUT2D eigenvalue weighted by molar-refractivity contribution is 6.10. The van der Waals surface area contributed by atoms with Crippen LogP contribution in [0.5, 0.6) is 11.5 Å². The fourth-order valence-electron chi connectivity index (χ4n) is 2.22. The van der Waals surface area contributed by atoms with Gasteiger partial charge in [0.15, 0.2) is 17.3 Å². The quantitative estimate of drug-likeness (QED) is 0.860. The average molecular weight is 281 g/mol. The summed E-state index contributed by atoms with van der Waals surface area (Å²) in [5.41, 5.74) is 2.28. The Labute approximate surface area is 123 Å². The number of nitrogens with zero attached hydrogens (tertiary/aromatic N) is 1. The van der Waals surface area contributed by atoms with Crippen LogP contribution in [-0.2, 0) is 6.61 Å². The maximum absolute atomic E-state index is 11.9. The van der Waals surface area contributed by atoms with Crippen molar-refractivity contribution in [3.8, 4) is 11.5 Å². The molecule has 0 amide bonds. The maximum atomic E-state index is 11.9. The molecule has 0 aromatic heterocycles. The Hall–Kier alpha value is -2.62. The number of rotatable bonds is 4. The number of carbonyl (C=O) groups excluding carboxylic acids is 1. The van der Waals surface area contributed by atoms with Gasteiger partial charge in [-0.15, -0.1) is 0 Å². The van der Waals surface area contributed by atoms with Crippen LogP contribution in [-0.4, -0.2) is 19.1 Å². The van der Waals surface area contributed by atoms with Crippen LogP contribution in [0.1, 0.15) is 22.3 Å². The van der Waals surface area contributed by atoms with Gasteiger partial charge in [-0.25, -0.2) is 0 Å². The van der Waals surface area contributed by atoms with E-state index in [-0.39, 0.29) is 5.78 Å². The Bertz CT molecular complexity index is 693. The van der Waals surface area contributed by atoms with Gasteiger partial charge in [-0.2, -0.15) is 0 Å². The highest BCUT2D eigenvalue weighted by atomic mass is 16.5. The summed E-state index contributed by atoms with van der Waals surface area (Å²) in [4.78, 5) is 16.2. The largest absolute Gasteiger partial charge is 0.493 e. The van der Waals surface area contributed by atoms with E-state index in [2.05, 4.69) is 4.99 Å². The van der Waals surface area contributed by atoms with Crippen molar-refractivity contribution in [3.05, 3.63) is 53.6 Å². The molecule has 0 fully saturated rings. The third-order valence-corrected chi connectivity index (χ3v) is 3.33. The van der Waals surface area contributed by atoms with Crippen LogP contribution in [0, 0.1) is 0 Å². The summed E-state index contributed by atoms with van der Waals surface area (Å²) in [6.07, 6.45) is 1.95. The number of ether oxygens (including phenoxy) is 2. The maximum Gasteiger partial charge on any atom is 0.170 e. The van der Waals surface area contributed by atoms with Crippen molar-refractivity contribution in [2.24, 2.45) is 4.99 Å². The summed E-state index contributed by atoms with van der Waals surface area (Å²) in [7, 11) is 1.57. The van der Waals surface area contributed by atoms with E-state index in [4.69, 9.17) is 9.47 Å². The van der Waals surface area contributed by atoms with Crippen LogP contribution < -0.4 is 9.47 Å². The van der Waals surface area contributed by atoms with Crippen LogP contribution >= 0.6 is 0 Å². The van der Waals surface area contributed by atoms with Crippen molar-refractivity contribution in [2.75, 3.05) is 7.11 Å². The lowest BCUT2D eigenvalue weighted by Gasteiger charge is -2.15. The molecule has 0 radical (unpaired) electrons. The molecule has 1 aliphatic heterocycles. The third kappa shape index (κ3) is 2.79. The fourth-order valence-corrected chi connectivity index (χ4v) is 2.22. The van der Waals surface area contributed by atoms with Crippen molar-refractivity contribution in [2.45, 2.75) is 13.0 Å². The lowest BCUT2D eigenvalue weighted by Crippen LogP contribution is -2.06. The second-order valence-electron chi connectivity index (χ2n) is 4.73. The van der Waals surface area contributed by atoms with E-state index in [9.17, 15) is 4.79 Å². The molecule has 3 rings (SSSR count). The highest BCUT2D eigenvalue weighted by Gasteiger charge is 2.18. The normalized spacial score (nSPS) is 12.9. The summed E-state index contributed by atoms with van der Waals surface area (Å²) >= 11 is 0. The Morgan fingerprint density at radius 1 is 1.14 bits per heavy atom. The van der Waals surface area contributed by atoms with Crippen molar-refractivity contribution >= 4 is 17.7 Å². The number of methoxy groups -OCH3 is 1. The molecule has 106 valence electrons. The van der Waals surface area contributed by atoms with Gasteiger partial charge in [0.1, 0.15) is 6.61 Å². The van der Waals surface area contributed by atoms with Gasteiger partial charge in [-0.3, -0.25) is 9.79 Å². The Kier molecular flexibility index (Phi) is 3.69. The number of hydrogen-bond acceptors (Lipinski definition) is 4. The zero-order chi connectivity index (χ0) is 14.7. The molecule has 0 bridgehead atoms. The molecule has 0 saturated carbocycles. The smallest absolute Gasteiger partial charge is 0.170 e. The molecular weight excluding hydrogens is 266 g/mol. The Balaban J connectivity index is 1.89. The molecule has 0 N–H and O–H groups in total. The minimum Gasteiger partial charge on any atom is -0.493 e. The van der Waals surface area contributed by atoms with Crippen LogP contribution in [0.2, 0.25) is 0 Å². The number of aliphatic imine (C=N–C) groups is 1. The van der Waals surface area contributed by atoms with Crippen LogP contribution in [0.25, 0.3) is 0 Å². The lowest BCUT2D eigenvalue weighted by atomic mass is 10.0. The van der Waals surface area contributed by atoms with Crippen molar-refractivity contribution in [3.63, 3.8) is 0 Å². The van der Waals surface area contributed by atoms with Gasteiger partial charge in [0.2, 0.25) is 0 Å². The molecule has 2 aromatic carbocycles. The first kappa shape index (κ1) is 13.4. The monoisotopic (exact) mass is 281 g/mol. The van der Waals surface area contributed by atoms with Gasteiger partial charge in [0.05, 0.1) is 12.8 Å². The average Bonchev–Trinajstić information content (AvgIpc) is 2.53. The summed E-state index contributed by atoms with van der Waals surface area (Å²) < 4.78 is 11.1. The van der Waals surface area contributed by atoms with Gasteiger partial charge in [0.25, 0.3) is 0 Å². The number of ketones is 1. The number of fused-ring (bicyclic) bond motifs is 1. The van der Waals surface area contributed by atoms with Gasteiger partial charge >= 0.3 is 0 Å². The first-order valence-corrected chi connectivity index (χ1v) is 6.72. The standard InChI is InChI=1S/C17H15NO3/c1-20-16-10-14-13(15(19)7-8-18-14)9-17(16)21-11-12-5-3-2-4-6-12/h2-6,8-10H,7,11H2,1H3. The van der Waals surface area contributed by atoms with E-state index in [1.54, 1.807) is 25.5 Å². The number of hydrogen-bond donors (Lipinski definition) is 0. The summed E-state index contributed by atoms with van der Waals surface area (Å²) in [6, 6.07) is 13.3. The van der Waals surface area contributed by atoms with E-state index < -0.39 is 0 Å². The zero-order valence-corrected chi connectivity index (χ0v) is 11.7. The molecule has 0 aliphatic carbocycles. The molecule has 0 atom stereocenters. The Morgan fingerprint density at radius 3 is 2.71 bits per heavy atom. The van der Waals surface area contributed by atoms with Crippen LogP contribution in [0.4, 0.5) is 5.69 Å². The second-order valence-corrected chi connectivity index (χ2v) is 4.73. The van der Waals surface area contributed by atoms with Crippen molar-refractivity contribution < 1.29 is 14.3 Å². The second kappa shape index (κ2) is 5.79. The number of carbonyl (C=O) groups is 1. The van der Waals surface area contributed by atoms with Crippen molar-refractivity contribution in [1.29, 1.82) is 0 Å². The first-order valence-electron chi connectivity index (χ1n) is 6.72. The van der Waals surface area contributed by atoms with E-state index in [0.29, 0.717) is 35.8 Å². The predicted octanol–water partition coefficient (Wildman–Crippen LogP) is 3.56.